The summed E-state index contributed by atoms with van der Waals surface area (Å²) in [6.07, 6.45) is 0. The Labute approximate surface area is 78.1 Å². The maximum atomic E-state index is 10.9. The number of methoxy groups -OCH3 is 1. The molecule has 0 bridgehead atoms. The molecule has 0 aliphatic heterocycles. The average Bonchev–Trinajstić information content (AvgIpc) is 2.45. The van der Waals surface area contributed by atoms with Gasteiger partial charge in [-0.15, -0.1) is 11.3 Å². The minimum absolute atomic E-state index is 0.294. The lowest BCUT2D eigenvalue weighted by Crippen LogP contribution is -1.96. The molecule has 1 aromatic heterocycles. The molecule has 1 aromatic rings. The zero-order valence-corrected chi connectivity index (χ0v) is 7.70. The van der Waals surface area contributed by atoms with Crippen LogP contribution in [-0.4, -0.2) is 13.1 Å². The smallest absolute Gasteiger partial charge is 0.348 e. The molecule has 0 N–H and O–H groups in total. The van der Waals surface area contributed by atoms with E-state index in [0.29, 0.717) is 14.8 Å². The highest BCUT2D eigenvalue weighted by atomic mass is 35.5. The van der Waals surface area contributed by atoms with Crippen LogP contribution in [0.2, 0.25) is 5.02 Å². The highest BCUT2D eigenvalue weighted by Crippen LogP contribution is 2.26. The van der Waals surface area contributed by atoms with Crippen LogP contribution in [0, 0.1) is 11.3 Å². The van der Waals surface area contributed by atoms with Crippen LogP contribution >= 0.6 is 22.9 Å². The standard InChI is InChI=1S/C7H4ClNO2S/c1-11-7(10)5-2-4(8)6(3-9)12-5/h2H,1H3. The molecule has 0 unspecified atom stereocenters. The van der Waals surface area contributed by atoms with Crippen LogP contribution in [0.25, 0.3) is 0 Å². The Bertz CT molecular complexity index is 353. The zero-order valence-electron chi connectivity index (χ0n) is 6.13. The van der Waals surface area contributed by atoms with E-state index in [0.717, 1.165) is 11.3 Å². The molecule has 5 heteroatoms. The number of hydrogen-bond acceptors (Lipinski definition) is 4. The van der Waals surface area contributed by atoms with Gasteiger partial charge in [0.1, 0.15) is 15.8 Å². The number of ether oxygens (including phenoxy) is 1. The Morgan fingerprint density at radius 1 is 1.83 bits per heavy atom. The van der Waals surface area contributed by atoms with Crippen molar-refractivity contribution in [1.29, 1.82) is 5.26 Å². The first-order valence-electron chi connectivity index (χ1n) is 2.96. The van der Waals surface area contributed by atoms with E-state index < -0.39 is 5.97 Å². The number of nitriles is 1. The number of carbonyl (C=O) groups is 1. The summed E-state index contributed by atoms with van der Waals surface area (Å²) in [7, 11) is 1.28. The molecule has 0 fully saturated rings. The average molecular weight is 202 g/mol. The summed E-state index contributed by atoms with van der Waals surface area (Å²) in [4.78, 5) is 11.6. The lowest BCUT2D eigenvalue weighted by molar-refractivity contribution is 0.0606. The number of halogens is 1. The van der Waals surface area contributed by atoms with Crippen molar-refractivity contribution in [2.45, 2.75) is 0 Å². The molecule has 0 aliphatic carbocycles. The predicted octanol–water partition coefficient (Wildman–Crippen LogP) is 2.06. The molecule has 0 saturated carbocycles. The van der Waals surface area contributed by atoms with Crippen molar-refractivity contribution in [2.24, 2.45) is 0 Å². The van der Waals surface area contributed by atoms with E-state index in [4.69, 9.17) is 16.9 Å². The first-order chi connectivity index (χ1) is 5.69. The van der Waals surface area contributed by atoms with Crippen LogP contribution in [-0.2, 0) is 4.74 Å². The molecule has 0 aromatic carbocycles. The fourth-order valence-electron chi connectivity index (χ4n) is 0.646. The Balaban J connectivity index is 3.07. The van der Waals surface area contributed by atoms with Gasteiger partial charge in [-0.1, -0.05) is 11.6 Å². The monoisotopic (exact) mass is 201 g/mol. The van der Waals surface area contributed by atoms with Gasteiger partial charge in [-0.05, 0) is 6.07 Å². The molecule has 0 amide bonds. The van der Waals surface area contributed by atoms with Gasteiger partial charge in [-0.2, -0.15) is 5.26 Å². The minimum atomic E-state index is -0.469. The Morgan fingerprint density at radius 2 is 2.50 bits per heavy atom. The van der Waals surface area contributed by atoms with E-state index in [1.165, 1.54) is 13.2 Å². The summed E-state index contributed by atoms with van der Waals surface area (Å²) in [5.41, 5.74) is 0. The van der Waals surface area contributed by atoms with Crippen LogP contribution in [0.3, 0.4) is 0 Å². The van der Waals surface area contributed by atoms with Gasteiger partial charge in [0.05, 0.1) is 12.1 Å². The summed E-state index contributed by atoms with van der Waals surface area (Å²) in [6.45, 7) is 0. The lowest BCUT2D eigenvalue weighted by atomic mass is 10.4. The highest BCUT2D eigenvalue weighted by Gasteiger charge is 2.12. The Morgan fingerprint density at radius 3 is 2.92 bits per heavy atom. The van der Waals surface area contributed by atoms with Crippen molar-refractivity contribution in [1.82, 2.24) is 0 Å². The number of esters is 1. The third-order valence-corrected chi connectivity index (χ3v) is 2.60. The van der Waals surface area contributed by atoms with Crippen molar-refractivity contribution in [2.75, 3.05) is 7.11 Å². The van der Waals surface area contributed by atoms with Crippen LogP contribution in [0.5, 0.6) is 0 Å². The van der Waals surface area contributed by atoms with Crippen molar-refractivity contribution in [3.8, 4) is 6.07 Å². The first kappa shape index (κ1) is 9.04. The molecule has 12 heavy (non-hydrogen) atoms. The van der Waals surface area contributed by atoms with E-state index in [9.17, 15) is 4.79 Å². The second-order valence-corrected chi connectivity index (χ2v) is 3.35. The molecular formula is C7H4ClNO2S. The summed E-state index contributed by atoms with van der Waals surface area (Å²) in [5.74, 6) is -0.469. The summed E-state index contributed by atoms with van der Waals surface area (Å²) >= 11 is 6.65. The van der Waals surface area contributed by atoms with Gasteiger partial charge in [0.15, 0.2) is 0 Å². The molecule has 0 atom stereocenters. The molecule has 0 aliphatic rings. The van der Waals surface area contributed by atoms with Gasteiger partial charge in [0.25, 0.3) is 0 Å². The van der Waals surface area contributed by atoms with Gasteiger partial charge >= 0.3 is 5.97 Å². The van der Waals surface area contributed by atoms with Gasteiger partial charge in [0, 0.05) is 0 Å². The van der Waals surface area contributed by atoms with E-state index >= 15 is 0 Å². The summed E-state index contributed by atoms with van der Waals surface area (Å²) in [5, 5.41) is 8.80. The van der Waals surface area contributed by atoms with Gasteiger partial charge in [0.2, 0.25) is 0 Å². The summed E-state index contributed by atoms with van der Waals surface area (Å²) < 4.78 is 4.45. The van der Waals surface area contributed by atoms with E-state index in [1.54, 1.807) is 0 Å². The second kappa shape index (κ2) is 3.57. The third-order valence-electron chi connectivity index (χ3n) is 1.17. The maximum Gasteiger partial charge on any atom is 0.348 e. The molecule has 1 rings (SSSR count). The van der Waals surface area contributed by atoms with Gasteiger partial charge in [-0.3, -0.25) is 0 Å². The quantitative estimate of drug-likeness (QED) is 0.654. The number of carbonyl (C=O) groups excluding carboxylic acids is 1. The highest BCUT2D eigenvalue weighted by molar-refractivity contribution is 7.15. The fraction of sp³-hybridized carbons (Fsp3) is 0.143. The van der Waals surface area contributed by atoms with Gasteiger partial charge < -0.3 is 4.74 Å². The molecule has 1 heterocycles. The fourth-order valence-corrected chi connectivity index (χ4v) is 1.74. The van der Waals surface area contributed by atoms with E-state index in [2.05, 4.69) is 4.74 Å². The van der Waals surface area contributed by atoms with Crippen LogP contribution in [0.4, 0.5) is 0 Å². The normalized spacial score (nSPS) is 9.08. The molecule has 0 saturated heterocycles. The first-order valence-corrected chi connectivity index (χ1v) is 4.16. The van der Waals surface area contributed by atoms with Crippen molar-refractivity contribution < 1.29 is 9.53 Å². The molecular weight excluding hydrogens is 198 g/mol. The van der Waals surface area contributed by atoms with Crippen molar-refractivity contribution >= 4 is 28.9 Å². The molecule has 62 valence electrons. The van der Waals surface area contributed by atoms with E-state index in [-0.39, 0.29) is 0 Å². The number of rotatable bonds is 1. The van der Waals surface area contributed by atoms with Crippen LogP contribution < -0.4 is 0 Å². The maximum absolute atomic E-state index is 10.9. The number of nitrogens with zero attached hydrogens (tertiary/aromatic N) is 1. The Kier molecular flexibility index (Phi) is 2.69. The zero-order chi connectivity index (χ0) is 9.14. The topological polar surface area (TPSA) is 50.1 Å². The van der Waals surface area contributed by atoms with Crippen LogP contribution in [0.1, 0.15) is 14.5 Å². The SMILES string of the molecule is COC(=O)c1cc(Cl)c(C#N)s1. The van der Waals surface area contributed by atoms with Gasteiger partial charge in [-0.25, -0.2) is 4.79 Å². The Hall–Kier alpha value is -1.05. The van der Waals surface area contributed by atoms with Crippen molar-refractivity contribution in [3.63, 3.8) is 0 Å². The van der Waals surface area contributed by atoms with Crippen molar-refractivity contribution in [3.05, 3.63) is 20.8 Å². The third kappa shape index (κ3) is 1.58. The van der Waals surface area contributed by atoms with Crippen LogP contribution in [0.15, 0.2) is 6.07 Å². The summed E-state index contributed by atoms with van der Waals surface area (Å²) in [6, 6.07) is 3.30. The lowest BCUT2D eigenvalue weighted by Gasteiger charge is -1.90. The molecule has 0 radical (unpaired) electrons. The largest absolute Gasteiger partial charge is 0.465 e. The minimum Gasteiger partial charge on any atom is -0.465 e. The molecule has 3 nitrogen and oxygen atoms in total. The van der Waals surface area contributed by atoms with E-state index in [1.807, 2.05) is 6.07 Å². The predicted molar refractivity (Wildman–Crippen MR) is 45.4 cm³/mol. The number of thiophene rings is 1. The molecule has 0 spiro atoms. The number of hydrogen-bond donors (Lipinski definition) is 0. The second-order valence-electron chi connectivity index (χ2n) is 1.89.